The van der Waals surface area contributed by atoms with Crippen molar-refractivity contribution in [2.75, 3.05) is 11.9 Å². The van der Waals surface area contributed by atoms with Gasteiger partial charge in [0.05, 0.1) is 0 Å². The van der Waals surface area contributed by atoms with Crippen molar-refractivity contribution < 1.29 is 9.90 Å². The van der Waals surface area contributed by atoms with Crippen LogP contribution in [0.25, 0.3) is 0 Å². The maximum Gasteiger partial charge on any atom is 0.331 e. The second-order valence-electron chi connectivity index (χ2n) is 3.59. The highest BCUT2D eigenvalue weighted by molar-refractivity contribution is 9.10. The average molecular weight is 284 g/mol. The maximum atomic E-state index is 10.5. The molecule has 0 atom stereocenters. The van der Waals surface area contributed by atoms with E-state index in [9.17, 15) is 4.79 Å². The summed E-state index contributed by atoms with van der Waals surface area (Å²) < 4.78 is 1.01. The molecule has 0 aliphatic rings. The van der Waals surface area contributed by atoms with Crippen LogP contribution >= 0.6 is 15.9 Å². The molecule has 0 saturated carbocycles. The molecule has 0 heterocycles. The Morgan fingerprint density at radius 3 is 2.75 bits per heavy atom. The fourth-order valence-electron chi connectivity index (χ4n) is 1.25. The lowest BCUT2D eigenvalue weighted by Crippen LogP contribution is -2.03. The number of carboxylic acids is 1. The number of aryl methyl sites for hydroxylation is 1. The molecule has 0 aliphatic heterocycles. The number of rotatable bonds is 4. The first-order valence-electron chi connectivity index (χ1n) is 4.90. The first-order chi connectivity index (χ1) is 7.49. The van der Waals surface area contributed by atoms with Gasteiger partial charge in [0, 0.05) is 22.3 Å². The van der Waals surface area contributed by atoms with E-state index in [1.807, 2.05) is 25.1 Å². The molecular formula is C12H14BrNO2. The first kappa shape index (κ1) is 12.8. The maximum absolute atomic E-state index is 10.5. The number of hydrogen-bond donors (Lipinski definition) is 2. The SMILES string of the molecule is C/C(=C/CNc1cc(C)cc(Br)c1)C(=O)O. The molecule has 0 spiro atoms. The molecule has 0 fully saturated rings. The number of anilines is 1. The molecule has 0 bridgehead atoms. The third kappa shape index (κ3) is 4.06. The smallest absolute Gasteiger partial charge is 0.331 e. The summed E-state index contributed by atoms with van der Waals surface area (Å²) in [7, 11) is 0. The lowest BCUT2D eigenvalue weighted by Gasteiger charge is -2.05. The van der Waals surface area contributed by atoms with Crippen LogP contribution in [0.15, 0.2) is 34.3 Å². The molecule has 0 radical (unpaired) electrons. The minimum atomic E-state index is -0.882. The third-order valence-corrected chi connectivity index (χ3v) is 2.55. The van der Waals surface area contributed by atoms with Gasteiger partial charge < -0.3 is 10.4 Å². The Balaban J connectivity index is 2.62. The molecule has 1 rings (SSSR count). The van der Waals surface area contributed by atoms with Crippen molar-refractivity contribution >= 4 is 27.6 Å². The van der Waals surface area contributed by atoms with Crippen LogP contribution in [-0.2, 0) is 4.79 Å². The number of halogens is 1. The molecule has 0 saturated heterocycles. The van der Waals surface area contributed by atoms with Gasteiger partial charge in [0.15, 0.2) is 0 Å². The second kappa shape index (κ2) is 5.70. The van der Waals surface area contributed by atoms with Gasteiger partial charge in [-0.1, -0.05) is 22.0 Å². The zero-order valence-electron chi connectivity index (χ0n) is 9.25. The van der Waals surface area contributed by atoms with Gasteiger partial charge in [-0.05, 0) is 37.6 Å². The van der Waals surface area contributed by atoms with Crippen molar-refractivity contribution in [3.63, 3.8) is 0 Å². The lowest BCUT2D eigenvalue weighted by atomic mass is 10.2. The molecule has 2 N–H and O–H groups in total. The summed E-state index contributed by atoms with van der Waals surface area (Å²) in [5.41, 5.74) is 2.47. The summed E-state index contributed by atoms with van der Waals surface area (Å²) in [6.45, 7) is 4.10. The van der Waals surface area contributed by atoms with Crippen LogP contribution in [-0.4, -0.2) is 17.6 Å². The minimum absolute atomic E-state index is 0.346. The van der Waals surface area contributed by atoms with Crippen molar-refractivity contribution in [1.29, 1.82) is 0 Å². The number of nitrogens with one attached hydrogen (secondary N) is 1. The molecule has 1 aromatic rings. The molecule has 3 nitrogen and oxygen atoms in total. The molecule has 1 aromatic carbocycles. The summed E-state index contributed by atoms with van der Waals surface area (Å²) in [6.07, 6.45) is 1.65. The Labute approximate surface area is 103 Å². The predicted octanol–water partition coefficient (Wildman–Crippen LogP) is 3.20. The van der Waals surface area contributed by atoms with Gasteiger partial charge in [-0.25, -0.2) is 4.79 Å². The Kier molecular flexibility index (Phi) is 4.55. The average Bonchev–Trinajstić information content (AvgIpc) is 2.15. The second-order valence-corrected chi connectivity index (χ2v) is 4.51. The number of hydrogen-bond acceptors (Lipinski definition) is 2. The van der Waals surface area contributed by atoms with E-state index in [-0.39, 0.29) is 0 Å². The van der Waals surface area contributed by atoms with Crippen molar-refractivity contribution in [2.45, 2.75) is 13.8 Å². The van der Waals surface area contributed by atoms with Crippen LogP contribution in [0.1, 0.15) is 12.5 Å². The fraction of sp³-hybridized carbons (Fsp3) is 0.250. The highest BCUT2D eigenvalue weighted by Gasteiger charge is 1.98. The van der Waals surface area contributed by atoms with Crippen LogP contribution in [0.3, 0.4) is 0 Å². The van der Waals surface area contributed by atoms with Crippen molar-refractivity contribution in [3.05, 3.63) is 39.9 Å². The van der Waals surface area contributed by atoms with Crippen molar-refractivity contribution in [3.8, 4) is 0 Å². The van der Waals surface area contributed by atoms with Crippen molar-refractivity contribution in [1.82, 2.24) is 0 Å². The van der Waals surface area contributed by atoms with Gasteiger partial charge >= 0.3 is 5.97 Å². The van der Waals surface area contributed by atoms with Crippen molar-refractivity contribution in [2.24, 2.45) is 0 Å². The third-order valence-electron chi connectivity index (χ3n) is 2.09. The minimum Gasteiger partial charge on any atom is -0.478 e. The van der Waals surface area contributed by atoms with Crippen LogP contribution in [0, 0.1) is 6.92 Å². The highest BCUT2D eigenvalue weighted by atomic mass is 79.9. The Hall–Kier alpha value is -1.29. The normalized spacial score (nSPS) is 11.3. The molecule has 0 amide bonds. The summed E-state index contributed by atoms with van der Waals surface area (Å²) in [5, 5.41) is 11.8. The van der Waals surface area contributed by atoms with Crippen LogP contribution in [0.2, 0.25) is 0 Å². The van der Waals surface area contributed by atoms with E-state index in [1.54, 1.807) is 13.0 Å². The molecule has 86 valence electrons. The van der Waals surface area contributed by atoms with Gasteiger partial charge in [-0.2, -0.15) is 0 Å². The number of benzene rings is 1. The molecule has 0 aromatic heterocycles. The fourth-order valence-corrected chi connectivity index (χ4v) is 1.86. The Morgan fingerprint density at radius 2 is 2.19 bits per heavy atom. The Bertz CT molecular complexity index is 407. The highest BCUT2D eigenvalue weighted by Crippen LogP contribution is 2.18. The number of carboxylic acid groups (broad SMARTS) is 1. The number of carbonyl (C=O) groups is 1. The monoisotopic (exact) mass is 283 g/mol. The zero-order chi connectivity index (χ0) is 12.1. The summed E-state index contributed by atoms with van der Waals surface area (Å²) in [5.74, 6) is -0.882. The summed E-state index contributed by atoms with van der Waals surface area (Å²) >= 11 is 3.41. The predicted molar refractivity (Wildman–Crippen MR) is 68.8 cm³/mol. The van der Waals surface area contributed by atoms with E-state index in [0.29, 0.717) is 12.1 Å². The number of aliphatic carboxylic acids is 1. The standard InChI is InChI=1S/C12H14BrNO2/c1-8-5-10(13)7-11(6-8)14-4-3-9(2)12(15)16/h3,5-7,14H,4H2,1-2H3,(H,15,16)/b9-3-. The molecular weight excluding hydrogens is 270 g/mol. The summed E-state index contributed by atoms with van der Waals surface area (Å²) in [4.78, 5) is 10.5. The molecule has 0 unspecified atom stereocenters. The largest absolute Gasteiger partial charge is 0.478 e. The topological polar surface area (TPSA) is 49.3 Å². The van der Waals surface area contributed by atoms with E-state index in [2.05, 4.69) is 21.2 Å². The van der Waals surface area contributed by atoms with E-state index < -0.39 is 5.97 Å². The van der Waals surface area contributed by atoms with Crippen LogP contribution in [0.5, 0.6) is 0 Å². The van der Waals surface area contributed by atoms with E-state index >= 15 is 0 Å². The van der Waals surface area contributed by atoms with Gasteiger partial charge in [-0.15, -0.1) is 0 Å². The van der Waals surface area contributed by atoms with Gasteiger partial charge in [-0.3, -0.25) is 0 Å². The molecule has 16 heavy (non-hydrogen) atoms. The van der Waals surface area contributed by atoms with Gasteiger partial charge in [0.2, 0.25) is 0 Å². The quantitative estimate of drug-likeness (QED) is 0.835. The van der Waals surface area contributed by atoms with Gasteiger partial charge in [0.1, 0.15) is 0 Å². The van der Waals surface area contributed by atoms with E-state index in [0.717, 1.165) is 15.7 Å². The molecule has 0 aliphatic carbocycles. The van der Waals surface area contributed by atoms with E-state index in [1.165, 1.54) is 0 Å². The summed E-state index contributed by atoms with van der Waals surface area (Å²) in [6, 6.07) is 5.98. The molecule has 4 heteroatoms. The Morgan fingerprint density at radius 1 is 1.50 bits per heavy atom. The van der Waals surface area contributed by atoms with Gasteiger partial charge in [0.25, 0.3) is 0 Å². The lowest BCUT2D eigenvalue weighted by molar-refractivity contribution is -0.132. The van der Waals surface area contributed by atoms with Crippen LogP contribution < -0.4 is 5.32 Å². The van der Waals surface area contributed by atoms with E-state index in [4.69, 9.17) is 5.11 Å². The van der Waals surface area contributed by atoms with Crippen LogP contribution in [0.4, 0.5) is 5.69 Å². The first-order valence-corrected chi connectivity index (χ1v) is 5.69. The zero-order valence-corrected chi connectivity index (χ0v) is 10.8.